The quantitative estimate of drug-likeness (QED) is 0.801. The zero-order chi connectivity index (χ0) is 17.6. The first kappa shape index (κ1) is 17.3. The predicted molar refractivity (Wildman–Crippen MR) is 93.7 cm³/mol. The van der Waals surface area contributed by atoms with E-state index in [4.69, 9.17) is 4.74 Å². The molecule has 0 fully saturated rings. The molecule has 0 radical (unpaired) electrons. The molecule has 0 saturated heterocycles. The molecule has 0 spiro atoms. The van der Waals surface area contributed by atoms with E-state index in [1.807, 2.05) is 31.2 Å². The first-order valence-corrected chi connectivity index (χ1v) is 8.76. The Morgan fingerprint density at radius 3 is 2.84 bits per heavy atom. The zero-order valence-corrected chi connectivity index (χ0v) is 14.5. The Balaban J connectivity index is 1.46. The van der Waals surface area contributed by atoms with Crippen LogP contribution in [0.15, 0.2) is 29.1 Å². The SMILES string of the molecule is Cc1ccc(OCCNC(=O)Cn2nc3n(c2=O)CCCCC3)cc1. The van der Waals surface area contributed by atoms with Crippen LogP contribution in [0.2, 0.25) is 0 Å². The third-order valence-electron chi connectivity index (χ3n) is 4.29. The molecule has 1 aromatic carbocycles. The van der Waals surface area contributed by atoms with Crippen LogP contribution in [0, 0.1) is 6.92 Å². The monoisotopic (exact) mass is 344 g/mol. The summed E-state index contributed by atoms with van der Waals surface area (Å²) < 4.78 is 8.52. The van der Waals surface area contributed by atoms with E-state index < -0.39 is 0 Å². The first-order valence-electron chi connectivity index (χ1n) is 8.76. The highest BCUT2D eigenvalue weighted by Gasteiger charge is 2.16. The number of aryl methyl sites for hydroxylation is 2. The molecule has 2 heterocycles. The number of nitrogens with zero attached hydrogens (tertiary/aromatic N) is 3. The molecule has 1 N–H and O–H groups in total. The lowest BCUT2D eigenvalue weighted by Crippen LogP contribution is -2.35. The molecule has 0 aliphatic carbocycles. The van der Waals surface area contributed by atoms with Crippen molar-refractivity contribution < 1.29 is 9.53 Å². The van der Waals surface area contributed by atoms with E-state index in [0.29, 0.717) is 19.7 Å². The third-order valence-corrected chi connectivity index (χ3v) is 4.29. The van der Waals surface area contributed by atoms with Gasteiger partial charge in [0.25, 0.3) is 0 Å². The Morgan fingerprint density at radius 1 is 1.24 bits per heavy atom. The molecule has 25 heavy (non-hydrogen) atoms. The molecule has 1 aliphatic heterocycles. The van der Waals surface area contributed by atoms with Gasteiger partial charge in [-0.25, -0.2) is 9.48 Å². The number of nitrogens with one attached hydrogen (secondary N) is 1. The maximum Gasteiger partial charge on any atom is 0.346 e. The van der Waals surface area contributed by atoms with Crippen molar-refractivity contribution in [3.8, 4) is 5.75 Å². The summed E-state index contributed by atoms with van der Waals surface area (Å²) in [5, 5.41) is 7.07. The Bertz CT molecular complexity index is 777. The van der Waals surface area contributed by atoms with Crippen LogP contribution in [0.25, 0.3) is 0 Å². The summed E-state index contributed by atoms with van der Waals surface area (Å²) >= 11 is 0. The Labute approximate surface area is 146 Å². The minimum atomic E-state index is -0.233. The molecule has 1 aliphatic rings. The van der Waals surface area contributed by atoms with E-state index in [0.717, 1.165) is 37.3 Å². The van der Waals surface area contributed by atoms with Crippen molar-refractivity contribution in [1.29, 1.82) is 0 Å². The number of hydrogen-bond acceptors (Lipinski definition) is 4. The molecule has 3 rings (SSSR count). The third kappa shape index (κ3) is 4.49. The van der Waals surface area contributed by atoms with E-state index >= 15 is 0 Å². The minimum Gasteiger partial charge on any atom is -0.492 e. The summed E-state index contributed by atoms with van der Waals surface area (Å²) in [6, 6.07) is 7.75. The molecule has 1 aromatic heterocycles. The number of rotatable bonds is 6. The van der Waals surface area contributed by atoms with Gasteiger partial charge in [-0.3, -0.25) is 9.36 Å². The fourth-order valence-electron chi connectivity index (χ4n) is 2.91. The number of carbonyl (C=O) groups is 1. The summed E-state index contributed by atoms with van der Waals surface area (Å²) in [5.41, 5.74) is 0.979. The van der Waals surface area contributed by atoms with Gasteiger partial charge in [-0.05, 0) is 31.9 Å². The van der Waals surface area contributed by atoms with Crippen molar-refractivity contribution in [2.75, 3.05) is 13.2 Å². The largest absolute Gasteiger partial charge is 0.492 e. The van der Waals surface area contributed by atoms with Crippen LogP contribution in [0.4, 0.5) is 0 Å². The lowest BCUT2D eigenvalue weighted by atomic mass is 10.2. The van der Waals surface area contributed by atoms with Crippen LogP contribution < -0.4 is 15.7 Å². The average molecular weight is 344 g/mol. The standard InChI is InChI=1S/C18H24N4O3/c1-14-6-8-15(9-7-14)25-12-10-19-17(23)13-22-18(24)21-11-4-2-3-5-16(21)20-22/h6-9H,2-5,10-13H2,1H3,(H,19,23). The fourth-order valence-corrected chi connectivity index (χ4v) is 2.91. The van der Waals surface area contributed by atoms with Crippen LogP contribution in [0.5, 0.6) is 5.75 Å². The first-order chi connectivity index (χ1) is 12.1. The second-order valence-electron chi connectivity index (χ2n) is 6.33. The van der Waals surface area contributed by atoms with Crippen molar-refractivity contribution in [3.05, 3.63) is 46.1 Å². The van der Waals surface area contributed by atoms with E-state index in [2.05, 4.69) is 10.4 Å². The average Bonchev–Trinajstić information content (AvgIpc) is 2.77. The molecule has 0 bridgehead atoms. The van der Waals surface area contributed by atoms with E-state index in [1.165, 1.54) is 10.2 Å². The number of hydrogen-bond donors (Lipinski definition) is 1. The smallest absolute Gasteiger partial charge is 0.346 e. The maximum atomic E-state index is 12.3. The minimum absolute atomic E-state index is 0.0522. The Morgan fingerprint density at radius 2 is 2.04 bits per heavy atom. The summed E-state index contributed by atoms with van der Waals surface area (Å²) in [6.07, 6.45) is 3.94. The molecule has 0 unspecified atom stereocenters. The summed E-state index contributed by atoms with van der Waals surface area (Å²) in [4.78, 5) is 24.3. The van der Waals surface area contributed by atoms with Crippen molar-refractivity contribution >= 4 is 5.91 Å². The highest BCUT2D eigenvalue weighted by Crippen LogP contribution is 2.11. The van der Waals surface area contributed by atoms with E-state index in [1.54, 1.807) is 4.57 Å². The van der Waals surface area contributed by atoms with Gasteiger partial charge in [-0.15, -0.1) is 0 Å². The van der Waals surface area contributed by atoms with Gasteiger partial charge in [-0.2, -0.15) is 5.10 Å². The normalized spacial score (nSPS) is 13.8. The number of carbonyl (C=O) groups excluding carboxylic acids is 1. The van der Waals surface area contributed by atoms with E-state index in [-0.39, 0.29) is 18.1 Å². The number of benzene rings is 1. The van der Waals surface area contributed by atoms with Crippen LogP contribution in [0.1, 0.15) is 30.7 Å². The van der Waals surface area contributed by atoms with Crippen LogP contribution >= 0.6 is 0 Å². The van der Waals surface area contributed by atoms with Crippen LogP contribution in [-0.4, -0.2) is 33.4 Å². The van der Waals surface area contributed by atoms with Crippen molar-refractivity contribution in [1.82, 2.24) is 19.7 Å². The highest BCUT2D eigenvalue weighted by atomic mass is 16.5. The van der Waals surface area contributed by atoms with Gasteiger partial charge in [0.05, 0.1) is 6.54 Å². The van der Waals surface area contributed by atoms with Crippen LogP contribution in [-0.2, 0) is 24.3 Å². The number of ether oxygens (including phenoxy) is 1. The van der Waals surface area contributed by atoms with Gasteiger partial charge in [0, 0.05) is 13.0 Å². The predicted octanol–water partition coefficient (Wildman–Crippen LogP) is 1.27. The van der Waals surface area contributed by atoms with Gasteiger partial charge in [-0.1, -0.05) is 24.1 Å². The number of fused-ring (bicyclic) bond motifs is 1. The Hall–Kier alpha value is -2.57. The van der Waals surface area contributed by atoms with Crippen LogP contribution in [0.3, 0.4) is 0 Å². The van der Waals surface area contributed by atoms with E-state index in [9.17, 15) is 9.59 Å². The molecule has 1 amide bonds. The molecule has 0 atom stereocenters. The molecule has 7 nitrogen and oxygen atoms in total. The van der Waals surface area contributed by atoms with Crippen molar-refractivity contribution in [2.24, 2.45) is 0 Å². The summed E-state index contributed by atoms with van der Waals surface area (Å²) in [6.45, 7) is 3.42. The lowest BCUT2D eigenvalue weighted by Gasteiger charge is -2.08. The molecule has 2 aromatic rings. The van der Waals surface area contributed by atoms with Gasteiger partial charge >= 0.3 is 5.69 Å². The highest BCUT2D eigenvalue weighted by molar-refractivity contribution is 5.75. The van der Waals surface area contributed by atoms with Gasteiger partial charge < -0.3 is 10.1 Å². The topological polar surface area (TPSA) is 78.2 Å². The molecular weight excluding hydrogens is 320 g/mol. The second-order valence-corrected chi connectivity index (χ2v) is 6.33. The zero-order valence-electron chi connectivity index (χ0n) is 14.5. The van der Waals surface area contributed by atoms with Crippen molar-refractivity contribution in [2.45, 2.75) is 45.7 Å². The van der Waals surface area contributed by atoms with Gasteiger partial charge in [0.1, 0.15) is 24.7 Å². The second kappa shape index (κ2) is 8.00. The number of aromatic nitrogens is 3. The molecule has 0 saturated carbocycles. The van der Waals surface area contributed by atoms with Gasteiger partial charge in [0.2, 0.25) is 5.91 Å². The van der Waals surface area contributed by atoms with Crippen molar-refractivity contribution in [3.63, 3.8) is 0 Å². The molecule has 7 heteroatoms. The van der Waals surface area contributed by atoms with Gasteiger partial charge in [0.15, 0.2) is 0 Å². The Kier molecular flexibility index (Phi) is 5.53. The fraction of sp³-hybridized carbons (Fsp3) is 0.500. The maximum absolute atomic E-state index is 12.3. The summed E-state index contributed by atoms with van der Waals surface area (Å²) in [7, 11) is 0. The molecular formula is C18H24N4O3. The summed E-state index contributed by atoms with van der Waals surface area (Å²) in [5.74, 6) is 1.33. The lowest BCUT2D eigenvalue weighted by molar-refractivity contribution is -0.122. The number of amides is 1. The molecule has 134 valence electrons.